The van der Waals surface area contributed by atoms with E-state index < -0.39 is 0 Å². The van der Waals surface area contributed by atoms with Crippen LogP contribution in [-0.2, 0) is 6.61 Å². The number of rotatable bonds is 6. The number of aryl methyl sites for hydroxylation is 2. The van der Waals surface area contributed by atoms with E-state index in [1.807, 2.05) is 70.4 Å². The Morgan fingerprint density at radius 2 is 1.81 bits per heavy atom. The number of aromatic nitrogens is 3. The summed E-state index contributed by atoms with van der Waals surface area (Å²) in [5, 5.41) is 11.5. The molecule has 0 spiro atoms. The fourth-order valence-corrected chi connectivity index (χ4v) is 2.88. The molecule has 0 aliphatic carbocycles. The zero-order valence-electron chi connectivity index (χ0n) is 15.9. The lowest BCUT2D eigenvalue weighted by atomic mass is 10.1. The van der Waals surface area contributed by atoms with Gasteiger partial charge < -0.3 is 9.64 Å². The van der Waals surface area contributed by atoms with Crippen molar-refractivity contribution in [1.29, 1.82) is 0 Å². The number of hydrogen-bond acceptors (Lipinski definition) is 5. The van der Waals surface area contributed by atoms with Crippen LogP contribution >= 0.6 is 12.2 Å². The lowest BCUT2D eigenvalue weighted by Crippen LogP contribution is -2.08. The van der Waals surface area contributed by atoms with Crippen molar-refractivity contribution in [2.75, 3.05) is 19.0 Å². The van der Waals surface area contributed by atoms with Crippen LogP contribution in [0.2, 0.25) is 0 Å². The molecule has 7 heteroatoms. The van der Waals surface area contributed by atoms with E-state index in [9.17, 15) is 0 Å². The SMILES string of the molecule is Cc1cccc(C)c1OCc1n[nH]c(=S)n1/N=C\c1ccc(N(C)C)cc1. The summed E-state index contributed by atoms with van der Waals surface area (Å²) in [5.41, 5.74) is 4.28. The average Bonchev–Trinajstić information content (AvgIpc) is 2.99. The molecule has 0 fully saturated rings. The van der Waals surface area contributed by atoms with Crippen molar-refractivity contribution in [2.24, 2.45) is 5.10 Å². The first-order valence-corrected chi connectivity index (χ1v) is 9.03. The molecule has 0 saturated carbocycles. The van der Waals surface area contributed by atoms with Crippen molar-refractivity contribution < 1.29 is 4.74 Å². The molecular weight excluding hydrogens is 358 g/mol. The normalized spacial score (nSPS) is 11.1. The van der Waals surface area contributed by atoms with Crippen LogP contribution in [0.5, 0.6) is 5.75 Å². The Labute approximate surface area is 164 Å². The zero-order chi connectivity index (χ0) is 19.4. The summed E-state index contributed by atoms with van der Waals surface area (Å²) in [6.07, 6.45) is 1.76. The van der Waals surface area contributed by atoms with E-state index in [1.165, 1.54) is 0 Å². The summed E-state index contributed by atoms with van der Waals surface area (Å²) >= 11 is 5.29. The number of nitrogens with zero attached hydrogens (tertiary/aromatic N) is 4. The highest BCUT2D eigenvalue weighted by Crippen LogP contribution is 2.23. The van der Waals surface area contributed by atoms with Crippen LogP contribution in [0.15, 0.2) is 47.6 Å². The fraction of sp³-hybridized carbons (Fsp3) is 0.250. The predicted molar refractivity (Wildman–Crippen MR) is 111 cm³/mol. The molecule has 0 saturated heterocycles. The molecule has 0 unspecified atom stereocenters. The molecule has 1 heterocycles. The van der Waals surface area contributed by atoms with Gasteiger partial charge >= 0.3 is 0 Å². The van der Waals surface area contributed by atoms with Gasteiger partial charge in [-0.1, -0.05) is 30.3 Å². The van der Waals surface area contributed by atoms with Gasteiger partial charge in [0.15, 0.2) is 5.82 Å². The molecule has 27 heavy (non-hydrogen) atoms. The molecule has 1 N–H and O–H groups in total. The average molecular weight is 382 g/mol. The van der Waals surface area contributed by atoms with E-state index in [2.05, 4.69) is 20.2 Å². The Hall–Kier alpha value is -2.93. The first-order chi connectivity index (χ1) is 13.0. The molecule has 1 aromatic heterocycles. The molecule has 3 aromatic rings. The number of benzene rings is 2. The Morgan fingerprint density at radius 3 is 2.44 bits per heavy atom. The van der Waals surface area contributed by atoms with E-state index in [0.29, 0.717) is 10.6 Å². The van der Waals surface area contributed by atoms with Crippen LogP contribution in [-0.4, -0.2) is 35.2 Å². The minimum atomic E-state index is 0.274. The lowest BCUT2D eigenvalue weighted by Gasteiger charge is -2.12. The summed E-state index contributed by atoms with van der Waals surface area (Å²) in [4.78, 5) is 2.05. The molecule has 0 aliphatic rings. The van der Waals surface area contributed by atoms with Gasteiger partial charge in [-0.2, -0.15) is 14.9 Å². The van der Waals surface area contributed by atoms with Gasteiger partial charge in [0, 0.05) is 19.8 Å². The van der Waals surface area contributed by atoms with Crippen molar-refractivity contribution in [3.05, 3.63) is 69.8 Å². The first kappa shape index (κ1) is 18.8. The number of ether oxygens (including phenoxy) is 1. The lowest BCUT2D eigenvalue weighted by molar-refractivity contribution is 0.287. The Kier molecular flexibility index (Phi) is 5.71. The summed E-state index contributed by atoms with van der Waals surface area (Å²) in [7, 11) is 4.02. The van der Waals surface area contributed by atoms with Crippen molar-refractivity contribution >= 4 is 24.1 Å². The van der Waals surface area contributed by atoms with Crippen LogP contribution in [0.25, 0.3) is 0 Å². The number of H-pyrrole nitrogens is 1. The molecular formula is C20H23N5OS. The molecule has 0 aliphatic heterocycles. The molecule has 0 amide bonds. The van der Waals surface area contributed by atoms with Gasteiger partial charge in [-0.25, -0.2) is 5.10 Å². The van der Waals surface area contributed by atoms with Crippen LogP contribution in [0.4, 0.5) is 5.69 Å². The van der Waals surface area contributed by atoms with Gasteiger partial charge in [-0.3, -0.25) is 0 Å². The zero-order valence-corrected chi connectivity index (χ0v) is 16.7. The highest BCUT2D eigenvalue weighted by atomic mass is 32.1. The third-order valence-electron chi connectivity index (χ3n) is 4.20. The quantitative estimate of drug-likeness (QED) is 0.516. The van der Waals surface area contributed by atoms with Gasteiger partial charge in [0.25, 0.3) is 0 Å². The van der Waals surface area contributed by atoms with Gasteiger partial charge in [-0.15, -0.1) is 0 Å². The van der Waals surface area contributed by atoms with Crippen LogP contribution in [0.1, 0.15) is 22.5 Å². The van der Waals surface area contributed by atoms with Crippen molar-refractivity contribution in [3.63, 3.8) is 0 Å². The maximum Gasteiger partial charge on any atom is 0.216 e. The molecule has 0 atom stereocenters. The third kappa shape index (κ3) is 4.43. The number of aromatic amines is 1. The molecule has 140 valence electrons. The van der Waals surface area contributed by atoms with Crippen LogP contribution < -0.4 is 9.64 Å². The number of hydrogen-bond donors (Lipinski definition) is 1. The molecule has 0 radical (unpaired) electrons. The van der Waals surface area contributed by atoms with Crippen molar-refractivity contribution in [1.82, 2.24) is 14.9 Å². The Morgan fingerprint density at radius 1 is 1.15 bits per heavy atom. The second kappa shape index (κ2) is 8.18. The van der Waals surface area contributed by atoms with Crippen LogP contribution in [0.3, 0.4) is 0 Å². The van der Waals surface area contributed by atoms with E-state index >= 15 is 0 Å². The third-order valence-corrected chi connectivity index (χ3v) is 4.47. The summed E-state index contributed by atoms with van der Waals surface area (Å²) in [6.45, 7) is 4.32. The second-order valence-electron chi connectivity index (χ2n) is 6.50. The van der Waals surface area contributed by atoms with Crippen molar-refractivity contribution in [2.45, 2.75) is 20.5 Å². The van der Waals surface area contributed by atoms with Crippen LogP contribution in [0, 0.1) is 18.6 Å². The molecule has 2 aromatic carbocycles. The second-order valence-corrected chi connectivity index (χ2v) is 6.88. The van der Waals surface area contributed by atoms with E-state index in [-0.39, 0.29) is 6.61 Å². The highest BCUT2D eigenvalue weighted by molar-refractivity contribution is 7.71. The molecule has 3 rings (SSSR count). The number of nitrogens with one attached hydrogen (secondary N) is 1. The van der Waals surface area contributed by atoms with Crippen molar-refractivity contribution in [3.8, 4) is 5.75 Å². The highest BCUT2D eigenvalue weighted by Gasteiger charge is 2.09. The number of anilines is 1. The summed E-state index contributed by atoms with van der Waals surface area (Å²) in [6, 6.07) is 14.2. The maximum absolute atomic E-state index is 5.97. The fourth-order valence-electron chi connectivity index (χ4n) is 2.68. The van der Waals surface area contributed by atoms with Gasteiger partial charge in [-0.05, 0) is 54.9 Å². The largest absolute Gasteiger partial charge is 0.485 e. The smallest absolute Gasteiger partial charge is 0.216 e. The summed E-state index contributed by atoms with van der Waals surface area (Å²) < 4.78 is 7.99. The Bertz CT molecular complexity index is 982. The topological polar surface area (TPSA) is 58.4 Å². The minimum absolute atomic E-state index is 0.274. The Balaban J connectivity index is 1.77. The standard InChI is InChI=1S/C20H23N5OS/c1-14-6-5-7-15(2)19(14)26-13-18-22-23-20(27)25(18)21-12-16-8-10-17(11-9-16)24(3)4/h5-12H,13H2,1-4H3,(H,23,27)/b21-12-. The monoisotopic (exact) mass is 381 g/mol. The minimum Gasteiger partial charge on any atom is -0.485 e. The molecule has 0 bridgehead atoms. The van der Waals surface area contributed by atoms with Gasteiger partial charge in [0.05, 0.1) is 6.21 Å². The maximum atomic E-state index is 5.97. The summed E-state index contributed by atoms with van der Waals surface area (Å²) in [5.74, 6) is 1.48. The first-order valence-electron chi connectivity index (χ1n) is 8.63. The van der Waals surface area contributed by atoms with Gasteiger partial charge in [0.1, 0.15) is 12.4 Å². The van der Waals surface area contributed by atoms with E-state index in [4.69, 9.17) is 17.0 Å². The van der Waals surface area contributed by atoms with E-state index in [0.717, 1.165) is 28.1 Å². The molecule has 6 nitrogen and oxygen atoms in total. The predicted octanol–water partition coefficient (Wildman–Crippen LogP) is 4.08. The van der Waals surface area contributed by atoms with E-state index in [1.54, 1.807) is 10.9 Å². The van der Waals surface area contributed by atoms with Gasteiger partial charge in [0.2, 0.25) is 4.77 Å². The number of para-hydroxylation sites is 1.